The van der Waals surface area contributed by atoms with Crippen molar-refractivity contribution in [1.29, 1.82) is 0 Å². The molecule has 0 N–H and O–H groups in total. The molecule has 4 rings (SSSR count). The van der Waals surface area contributed by atoms with Gasteiger partial charge in [-0.2, -0.15) is 0 Å². The Kier molecular flexibility index (Phi) is 5.20. The second-order valence-electron chi connectivity index (χ2n) is 7.14. The molecule has 3 heterocycles. The first-order valence-corrected chi connectivity index (χ1v) is 10.3. The first-order valence-electron chi connectivity index (χ1n) is 9.49. The van der Waals surface area contributed by atoms with Gasteiger partial charge in [0.05, 0.1) is 24.1 Å². The Labute approximate surface area is 148 Å². The maximum absolute atomic E-state index is 13.2. The fourth-order valence-electron chi connectivity index (χ4n) is 4.18. The van der Waals surface area contributed by atoms with Gasteiger partial charge in [-0.25, -0.2) is 0 Å². The fourth-order valence-corrected chi connectivity index (χ4v) is 5.39. The number of amides is 1. The van der Waals surface area contributed by atoms with E-state index in [9.17, 15) is 4.79 Å². The summed E-state index contributed by atoms with van der Waals surface area (Å²) in [6.45, 7) is 2.13. The molecular formula is C19H27NO3S. The Hall–Kier alpha value is -0.910. The van der Waals surface area contributed by atoms with Crippen LogP contribution in [0.1, 0.15) is 65.1 Å². The second kappa shape index (κ2) is 7.54. The smallest absolute Gasteiger partial charge is 0.264 e. The minimum atomic E-state index is -0.227. The highest BCUT2D eigenvalue weighted by atomic mass is 32.1. The monoisotopic (exact) mass is 349 g/mol. The molecular weight excluding hydrogens is 322 g/mol. The van der Waals surface area contributed by atoms with Gasteiger partial charge in [-0.3, -0.25) is 4.79 Å². The van der Waals surface area contributed by atoms with Gasteiger partial charge in [0.1, 0.15) is 0 Å². The van der Waals surface area contributed by atoms with Crippen LogP contribution in [0.5, 0.6) is 0 Å². The highest BCUT2D eigenvalue weighted by molar-refractivity contribution is 7.14. The lowest BCUT2D eigenvalue weighted by atomic mass is 9.99. The number of nitrogens with zero attached hydrogens (tertiary/aromatic N) is 1. The Balaban J connectivity index is 1.54. The molecule has 0 aromatic carbocycles. The number of hydrogen-bond acceptors (Lipinski definition) is 4. The molecule has 2 fully saturated rings. The van der Waals surface area contributed by atoms with Gasteiger partial charge >= 0.3 is 0 Å². The lowest BCUT2D eigenvalue weighted by Crippen LogP contribution is -2.50. The number of carbonyl (C=O) groups is 1. The van der Waals surface area contributed by atoms with Gasteiger partial charge in [0.2, 0.25) is 0 Å². The van der Waals surface area contributed by atoms with Crippen LogP contribution in [0.2, 0.25) is 0 Å². The summed E-state index contributed by atoms with van der Waals surface area (Å²) in [7, 11) is 0. The summed E-state index contributed by atoms with van der Waals surface area (Å²) < 4.78 is 11.4. The van der Waals surface area contributed by atoms with Crippen LogP contribution >= 0.6 is 11.3 Å². The molecule has 1 aliphatic carbocycles. The number of ether oxygens (including phenoxy) is 2. The first-order chi connectivity index (χ1) is 11.8. The van der Waals surface area contributed by atoms with Gasteiger partial charge in [0, 0.05) is 11.4 Å². The van der Waals surface area contributed by atoms with Crippen LogP contribution in [-0.2, 0) is 22.3 Å². The van der Waals surface area contributed by atoms with Crippen LogP contribution in [-0.4, -0.2) is 42.9 Å². The fraction of sp³-hybridized carbons (Fsp3) is 0.737. The van der Waals surface area contributed by atoms with E-state index in [2.05, 4.69) is 6.07 Å². The number of aryl methyl sites for hydroxylation is 2. The molecule has 0 bridgehead atoms. The van der Waals surface area contributed by atoms with Crippen LogP contribution in [0.25, 0.3) is 0 Å². The highest BCUT2D eigenvalue weighted by Crippen LogP contribution is 2.32. The third-order valence-corrected chi connectivity index (χ3v) is 6.70. The molecule has 2 aliphatic heterocycles. The van der Waals surface area contributed by atoms with Gasteiger partial charge in [-0.15, -0.1) is 11.3 Å². The third-order valence-electron chi connectivity index (χ3n) is 5.48. The lowest BCUT2D eigenvalue weighted by Gasteiger charge is -2.37. The van der Waals surface area contributed by atoms with Gasteiger partial charge in [-0.05, 0) is 56.6 Å². The largest absolute Gasteiger partial charge is 0.348 e. The zero-order valence-electron chi connectivity index (χ0n) is 14.3. The Bertz CT molecular complexity index is 554. The van der Waals surface area contributed by atoms with Crippen molar-refractivity contribution in [2.75, 3.05) is 19.8 Å². The predicted molar refractivity (Wildman–Crippen MR) is 94.6 cm³/mol. The van der Waals surface area contributed by atoms with E-state index in [0.29, 0.717) is 13.2 Å². The van der Waals surface area contributed by atoms with E-state index in [1.54, 1.807) is 11.3 Å². The summed E-state index contributed by atoms with van der Waals surface area (Å²) in [5.41, 5.74) is 1.42. The molecule has 1 unspecified atom stereocenters. The van der Waals surface area contributed by atoms with E-state index in [1.165, 1.54) is 36.1 Å². The molecule has 2 saturated heterocycles. The highest BCUT2D eigenvalue weighted by Gasteiger charge is 2.37. The van der Waals surface area contributed by atoms with Crippen molar-refractivity contribution >= 4 is 17.2 Å². The van der Waals surface area contributed by atoms with E-state index < -0.39 is 0 Å². The molecule has 24 heavy (non-hydrogen) atoms. The van der Waals surface area contributed by atoms with Crippen LogP contribution in [0, 0.1) is 0 Å². The van der Waals surface area contributed by atoms with E-state index in [-0.39, 0.29) is 18.2 Å². The lowest BCUT2D eigenvalue weighted by molar-refractivity contribution is -0.100. The number of rotatable bonds is 2. The predicted octanol–water partition coefficient (Wildman–Crippen LogP) is 3.77. The molecule has 0 spiro atoms. The summed E-state index contributed by atoms with van der Waals surface area (Å²) in [5, 5.41) is 0. The minimum Gasteiger partial charge on any atom is -0.348 e. The summed E-state index contributed by atoms with van der Waals surface area (Å²) in [6, 6.07) is 2.26. The van der Waals surface area contributed by atoms with Crippen molar-refractivity contribution in [2.45, 2.75) is 70.1 Å². The van der Waals surface area contributed by atoms with E-state index in [1.807, 2.05) is 4.90 Å². The molecule has 1 aromatic rings. The molecule has 0 radical (unpaired) electrons. The molecule has 132 valence electrons. The third kappa shape index (κ3) is 3.39. The van der Waals surface area contributed by atoms with Crippen LogP contribution in [0.15, 0.2) is 6.07 Å². The summed E-state index contributed by atoms with van der Waals surface area (Å²) in [4.78, 5) is 17.6. The SMILES string of the molecule is O=C(c1cc2c(s1)CCCCCC2)N1CCCCC1C1OCCO1. The van der Waals surface area contributed by atoms with Crippen LogP contribution < -0.4 is 0 Å². The molecule has 1 aromatic heterocycles. The average Bonchev–Trinajstić information content (AvgIpc) is 3.24. The Morgan fingerprint density at radius 1 is 1.04 bits per heavy atom. The summed E-state index contributed by atoms with van der Waals surface area (Å²) >= 11 is 1.73. The van der Waals surface area contributed by atoms with Crippen molar-refractivity contribution in [1.82, 2.24) is 4.90 Å². The zero-order chi connectivity index (χ0) is 16.4. The molecule has 0 saturated carbocycles. The van der Waals surface area contributed by atoms with Crippen molar-refractivity contribution in [3.8, 4) is 0 Å². The number of hydrogen-bond donors (Lipinski definition) is 0. The van der Waals surface area contributed by atoms with E-state index in [4.69, 9.17) is 9.47 Å². The standard InChI is InChI=1S/C19H27NO3S/c21-18(17-13-14-7-3-1-2-4-9-16(14)24-17)20-10-6-5-8-15(20)19-22-11-12-23-19/h13,15,19H,1-12H2. The Morgan fingerprint density at radius 3 is 2.67 bits per heavy atom. The summed E-state index contributed by atoms with van der Waals surface area (Å²) in [6.07, 6.45) is 10.4. The topological polar surface area (TPSA) is 38.8 Å². The average molecular weight is 349 g/mol. The molecule has 4 nitrogen and oxygen atoms in total. The molecule has 5 heteroatoms. The van der Waals surface area contributed by atoms with Crippen molar-refractivity contribution in [3.63, 3.8) is 0 Å². The minimum absolute atomic E-state index is 0.0819. The maximum Gasteiger partial charge on any atom is 0.264 e. The van der Waals surface area contributed by atoms with Crippen LogP contribution in [0.3, 0.4) is 0 Å². The van der Waals surface area contributed by atoms with E-state index in [0.717, 1.165) is 43.5 Å². The van der Waals surface area contributed by atoms with Crippen LogP contribution in [0.4, 0.5) is 0 Å². The Morgan fingerprint density at radius 2 is 1.83 bits per heavy atom. The molecule has 1 atom stereocenters. The van der Waals surface area contributed by atoms with Gasteiger partial charge < -0.3 is 14.4 Å². The number of piperidine rings is 1. The number of likely N-dealkylation sites (tertiary alicyclic amines) is 1. The molecule has 1 amide bonds. The summed E-state index contributed by atoms with van der Waals surface area (Å²) in [5.74, 6) is 0.190. The number of thiophene rings is 1. The van der Waals surface area contributed by atoms with Crippen molar-refractivity contribution < 1.29 is 14.3 Å². The number of fused-ring (bicyclic) bond motifs is 1. The normalized spacial score (nSPS) is 26.0. The maximum atomic E-state index is 13.2. The first kappa shape index (κ1) is 16.6. The zero-order valence-corrected chi connectivity index (χ0v) is 15.1. The van der Waals surface area contributed by atoms with Gasteiger partial charge in [0.25, 0.3) is 5.91 Å². The second-order valence-corrected chi connectivity index (χ2v) is 8.28. The molecule has 3 aliphatic rings. The quantitative estimate of drug-likeness (QED) is 0.816. The van der Waals surface area contributed by atoms with Crippen molar-refractivity contribution in [3.05, 3.63) is 21.4 Å². The van der Waals surface area contributed by atoms with Crippen molar-refractivity contribution in [2.24, 2.45) is 0 Å². The number of carbonyl (C=O) groups excluding carboxylic acids is 1. The van der Waals surface area contributed by atoms with Gasteiger partial charge in [-0.1, -0.05) is 12.8 Å². The van der Waals surface area contributed by atoms with E-state index >= 15 is 0 Å². The van der Waals surface area contributed by atoms with Gasteiger partial charge in [0.15, 0.2) is 6.29 Å².